The van der Waals surface area contributed by atoms with Gasteiger partial charge in [0.2, 0.25) is 5.91 Å². The first-order valence-electron chi connectivity index (χ1n) is 9.18. The fourth-order valence-electron chi connectivity index (χ4n) is 3.45. The number of anilines is 2. The number of benzene rings is 3. The third-order valence-electron chi connectivity index (χ3n) is 4.88. The van der Waals surface area contributed by atoms with Crippen LogP contribution in [0.15, 0.2) is 60.7 Å². The molecule has 3 aromatic carbocycles. The highest BCUT2D eigenvalue weighted by Gasteiger charge is 2.34. The number of rotatable bonds is 3. The number of halogens is 2. The molecule has 1 aliphatic rings. The third kappa shape index (κ3) is 3.49. The molecular formula is C23H14ClFN2O4. The number of hydrogen-bond donors (Lipinski definition) is 1. The van der Waals surface area contributed by atoms with Crippen molar-refractivity contribution in [2.75, 3.05) is 9.74 Å². The number of ketones is 2. The van der Waals surface area contributed by atoms with Crippen LogP contribution in [0.2, 0.25) is 0 Å². The summed E-state index contributed by atoms with van der Waals surface area (Å²) in [6.07, 6.45) is 0. The van der Waals surface area contributed by atoms with Crippen LogP contribution in [0.4, 0.5) is 15.8 Å². The summed E-state index contributed by atoms with van der Waals surface area (Å²) in [6.45, 7) is 1.20. The molecule has 8 heteroatoms. The van der Waals surface area contributed by atoms with Crippen LogP contribution >= 0.6 is 11.8 Å². The molecule has 0 atom stereocenters. The van der Waals surface area contributed by atoms with Gasteiger partial charge in [-0.2, -0.15) is 0 Å². The molecule has 6 nitrogen and oxygen atoms in total. The maximum absolute atomic E-state index is 13.6. The molecule has 3 aromatic rings. The fourth-order valence-corrected chi connectivity index (χ4v) is 3.59. The number of nitrogens with zero attached hydrogens (tertiary/aromatic N) is 1. The van der Waals surface area contributed by atoms with Gasteiger partial charge in [-0.05, 0) is 30.3 Å². The predicted octanol–water partition coefficient (Wildman–Crippen LogP) is 4.36. The Morgan fingerprint density at radius 2 is 1.58 bits per heavy atom. The van der Waals surface area contributed by atoms with Crippen LogP contribution in [-0.2, 0) is 4.79 Å². The molecule has 0 spiro atoms. The monoisotopic (exact) mass is 436 g/mol. The van der Waals surface area contributed by atoms with Crippen molar-refractivity contribution in [2.24, 2.45) is 0 Å². The molecular weight excluding hydrogens is 423 g/mol. The zero-order valence-corrected chi connectivity index (χ0v) is 16.9. The van der Waals surface area contributed by atoms with Gasteiger partial charge in [-0.15, -0.1) is 0 Å². The lowest BCUT2D eigenvalue weighted by molar-refractivity contribution is -0.115. The Hall–Kier alpha value is -3.84. The molecule has 0 aliphatic heterocycles. The largest absolute Gasteiger partial charge is 0.319 e. The average molecular weight is 437 g/mol. The maximum Gasteiger partial charge on any atom is 0.255 e. The van der Waals surface area contributed by atoms with Gasteiger partial charge in [0.15, 0.2) is 11.6 Å². The van der Waals surface area contributed by atoms with E-state index in [1.165, 1.54) is 43.3 Å². The van der Waals surface area contributed by atoms with Crippen molar-refractivity contribution in [1.82, 2.24) is 0 Å². The van der Waals surface area contributed by atoms with Gasteiger partial charge >= 0.3 is 0 Å². The molecule has 1 N–H and O–H groups in total. The summed E-state index contributed by atoms with van der Waals surface area (Å²) >= 11 is 6.10. The van der Waals surface area contributed by atoms with Gasteiger partial charge < -0.3 is 5.32 Å². The van der Waals surface area contributed by atoms with Crippen molar-refractivity contribution < 1.29 is 23.6 Å². The van der Waals surface area contributed by atoms with Crippen LogP contribution in [-0.4, -0.2) is 23.4 Å². The quantitative estimate of drug-likeness (QED) is 0.484. The Morgan fingerprint density at radius 3 is 2.23 bits per heavy atom. The second-order valence-electron chi connectivity index (χ2n) is 6.85. The molecule has 154 valence electrons. The van der Waals surface area contributed by atoms with Gasteiger partial charge in [-0.25, -0.2) is 8.81 Å². The Labute approximate surface area is 181 Å². The van der Waals surface area contributed by atoms with Gasteiger partial charge in [0.1, 0.15) is 5.82 Å². The predicted molar refractivity (Wildman–Crippen MR) is 113 cm³/mol. The first-order chi connectivity index (χ1) is 14.8. The molecule has 0 bridgehead atoms. The van der Waals surface area contributed by atoms with E-state index in [9.17, 15) is 23.6 Å². The molecule has 0 aromatic heterocycles. The molecule has 0 heterocycles. The molecule has 2 amide bonds. The lowest BCUT2D eigenvalue weighted by Gasteiger charge is -2.24. The highest BCUT2D eigenvalue weighted by atomic mass is 35.5. The Balaban J connectivity index is 1.91. The van der Waals surface area contributed by atoms with E-state index in [4.69, 9.17) is 11.8 Å². The van der Waals surface area contributed by atoms with Crippen LogP contribution in [0.5, 0.6) is 0 Å². The minimum atomic E-state index is -0.734. The third-order valence-corrected chi connectivity index (χ3v) is 5.30. The van der Waals surface area contributed by atoms with E-state index < -0.39 is 29.2 Å². The van der Waals surface area contributed by atoms with Crippen molar-refractivity contribution in [1.29, 1.82) is 0 Å². The summed E-state index contributed by atoms with van der Waals surface area (Å²) in [5.41, 5.74) is 0.283. The van der Waals surface area contributed by atoms with Crippen LogP contribution in [0, 0.1) is 5.82 Å². The van der Waals surface area contributed by atoms with Gasteiger partial charge in [0, 0.05) is 41.0 Å². The number of carbonyl (C=O) groups excluding carboxylic acids is 4. The first kappa shape index (κ1) is 20.4. The minimum Gasteiger partial charge on any atom is -0.319 e. The van der Waals surface area contributed by atoms with E-state index in [0.29, 0.717) is 0 Å². The van der Waals surface area contributed by atoms with E-state index >= 15 is 0 Å². The summed E-state index contributed by atoms with van der Waals surface area (Å²) in [5.74, 6) is -2.83. The van der Waals surface area contributed by atoms with Crippen LogP contribution in [0.25, 0.3) is 0 Å². The van der Waals surface area contributed by atoms with E-state index in [0.717, 1.165) is 10.5 Å². The number of fused-ring (bicyclic) bond motifs is 2. The number of hydrogen-bond acceptors (Lipinski definition) is 4. The number of amides is 2. The Bertz CT molecular complexity index is 1290. The Morgan fingerprint density at radius 1 is 0.903 bits per heavy atom. The molecule has 0 saturated heterocycles. The zero-order valence-electron chi connectivity index (χ0n) is 16.1. The van der Waals surface area contributed by atoms with E-state index in [1.54, 1.807) is 18.2 Å². The lowest BCUT2D eigenvalue weighted by Crippen LogP contribution is -2.27. The highest BCUT2D eigenvalue weighted by molar-refractivity contribution is 6.39. The van der Waals surface area contributed by atoms with Crippen molar-refractivity contribution in [3.05, 3.63) is 94.3 Å². The summed E-state index contributed by atoms with van der Waals surface area (Å²) in [4.78, 5) is 51.0. The first-order valence-corrected chi connectivity index (χ1v) is 9.52. The van der Waals surface area contributed by atoms with Crippen LogP contribution in [0.3, 0.4) is 0 Å². The molecule has 4 rings (SSSR count). The van der Waals surface area contributed by atoms with Crippen molar-refractivity contribution in [2.45, 2.75) is 6.92 Å². The van der Waals surface area contributed by atoms with Gasteiger partial charge in [0.25, 0.3) is 5.91 Å². The number of carbonyl (C=O) groups is 4. The molecule has 0 radical (unpaired) electrons. The van der Waals surface area contributed by atoms with E-state index in [-0.39, 0.29) is 39.2 Å². The molecule has 0 saturated carbocycles. The molecule has 31 heavy (non-hydrogen) atoms. The van der Waals surface area contributed by atoms with Gasteiger partial charge in [0.05, 0.1) is 16.9 Å². The van der Waals surface area contributed by atoms with Gasteiger partial charge in [-0.3, -0.25) is 19.2 Å². The second kappa shape index (κ2) is 7.77. The fraction of sp³-hybridized carbons (Fsp3) is 0.0435. The summed E-state index contributed by atoms with van der Waals surface area (Å²) in [6, 6.07) is 14.0. The van der Waals surface area contributed by atoms with Crippen molar-refractivity contribution in [3.8, 4) is 0 Å². The lowest BCUT2D eigenvalue weighted by atomic mass is 9.82. The summed E-state index contributed by atoms with van der Waals surface area (Å²) < 4.78 is 14.3. The topological polar surface area (TPSA) is 83.6 Å². The molecule has 1 aliphatic carbocycles. The Kier molecular flexibility index (Phi) is 5.12. The van der Waals surface area contributed by atoms with Crippen molar-refractivity contribution in [3.63, 3.8) is 0 Å². The second-order valence-corrected chi connectivity index (χ2v) is 7.19. The van der Waals surface area contributed by atoms with Gasteiger partial charge in [-0.1, -0.05) is 30.3 Å². The van der Waals surface area contributed by atoms with E-state index in [2.05, 4.69) is 5.32 Å². The van der Waals surface area contributed by atoms with Crippen molar-refractivity contribution >= 4 is 46.5 Å². The average Bonchev–Trinajstić information content (AvgIpc) is 2.76. The SMILES string of the molecule is CC(=O)N(Cl)c1ccc2c(c1NC(=O)c1cccc(F)c1)C(=O)c1ccccc1C2=O. The smallest absolute Gasteiger partial charge is 0.255 e. The molecule has 0 fully saturated rings. The zero-order chi connectivity index (χ0) is 22.3. The van der Waals surface area contributed by atoms with E-state index in [1.807, 2.05) is 0 Å². The highest BCUT2D eigenvalue weighted by Crippen LogP contribution is 2.39. The maximum atomic E-state index is 13.6. The summed E-state index contributed by atoms with van der Waals surface area (Å²) in [7, 11) is 0. The minimum absolute atomic E-state index is 0.0116. The summed E-state index contributed by atoms with van der Waals surface area (Å²) in [5, 5.41) is 2.54. The van der Waals surface area contributed by atoms with Crippen LogP contribution in [0.1, 0.15) is 49.1 Å². The van der Waals surface area contributed by atoms with Crippen LogP contribution < -0.4 is 9.74 Å². The normalized spacial score (nSPS) is 12.1. The standard InChI is InChI=1S/C23H14ClFN2O4/c1-12(28)27(24)18-10-9-17-19(22(30)16-8-3-2-7-15(16)21(17)29)20(18)26-23(31)13-5-4-6-14(25)11-13/h2-11H,1H3,(H,26,31). The number of nitrogens with one attached hydrogen (secondary N) is 1. The molecule has 0 unspecified atom stereocenters.